The highest BCUT2D eigenvalue weighted by atomic mass is 33.1. The predicted octanol–water partition coefficient (Wildman–Crippen LogP) is 2.32. The Hall–Kier alpha value is -2.99. The van der Waals surface area contributed by atoms with Gasteiger partial charge in [-0.05, 0) is 24.0 Å². The summed E-state index contributed by atoms with van der Waals surface area (Å²) >= 11 is 0. The van der Waals surface area contributed by atoms with E-state index in [1.54, 1.807) is 16.9 Å². The summed E-state index contributed by atoms with van der Waals surface area (Å²) < 4.78 is 11.1. The predicted molar refractivity (Wildman–Crippen MR) is 154 cm³/mol. The molecule has 3 amide bonds. The number of fused-ring (bicyclic) bond motifs is 7. The standard InChI is InChI=1S/C28H37N3O7S2/c1-17(2)26-23(37-18(3)32)15-25(34)38-20-11-7-8-12-39-40-16-22(28(36)31-26)30-27(35)21(29-24(33)14-20)13-19-9-5-4-6-10-19/h4-7,9-11,17,20-23,26H,8,12-16H2,1-3H3,(H,29,33)(H,30,35)(H,31,36)/b11-7+/t20-,21-,22-,23+,26-/m1/s1. The van der Waals surface area contributed by atoms with E-state index in [9.17, 15) is 24.0 Å². The van der Waals surface area contributed by atoms with Gasteiger partial charge in [-0.3, -0.25) is 24.0 Å². The van der Waals surface area contributed by atoms with Crippen LogP contribution in [0.5, 0.6) is 0 Å². The normalized spacial score (nSPS) is 28.1. The number of rotatable bonds is 4. The smallest absolute Gasteiger partial charge is 0.310 e. The molecule has 2 bridgehead atoms. The van der Waals surface area contributed by atoms with Crippen LogP contribution < -0.4 is 16.0 Å². The summed E-state index contributed by atoms with van der Waals surface area (Å²) in [5.74, 6) is -1.98. The van der Waals surface area contributed by atoms with E-state index in [0.29, 0.717) is 6.42 Å². The molecule has 0 aromatic heterocycles. The summed E-state index contributed by atoms with van der Waals surface area (Å²) in [4.78, 5) is 65.2. The molecule has 0 aliphatic carbocycles. The van der Waals surface area contributed by atoms with Gasteiger partial charge in [0.2, 0.25) is 17.7 Å². The zero-order valence-electron chi connectivity index (χ0n) is 22.9. The van der Waals surface area contributed by atoms with E-state index in [1.165, 1.54) is 17.7 Å². The van der Waals surface area contributed by atoms with Gasteiger partial charge in [-0.25, -0.2) is 0 Å². The SMILES string of the molecule is CC(=O)O[C@H]1CC(=O)O[C@@H]2/C=C/CCSSC[C@@H](NC(=O)[C@@H](Cc3ccccc3)NC(=O)C2)C(=O)N[C@@H]1C(C)C. The number of allylic oxidation sites excluding steroid dienone is 1. The molecule has 1 fully saturated rings. The minimum absolute atomic E-state index is 0.199. The molecule has 10 nitrogen and oxygen atoms in total. The van der Waals surface area contributed by atoms with Crippen LogP contribution in [-0.4, -0.2) is 71.5 Å². The lowest BCUT2D eigenvalue weighted by Gasteiger charge is -2.32. The topological polar surface area (TPSA) is 140 Å². The van der Waals surface area contributed by atoms with Crippen LogP contribution in [0.4, 0.5) is 0 Å². The minimum Gasteiger partial charge on any atom is -0.460 e. The molecule has 5 atom stereocenters. The lowest BCUT2D eigenvalue weighted by molar-refractivity contribution is -0.158. The summed E-state index contributed by atoms with van der Waals surface area (Å²) in [7, 11) is 3.00. The van der Waals surface area contributed by atoms with Gasteiger partial charge in [0.1, 0.15) is 24.3 Å². The van der Waals surface area contributed by atoms with E-state index in [2.05, 4.69) is 16.0 Å². The highest BCUT2D eigenvalue weighted by molar-refractivity contribution is 8.76. The third kappa shape index (κ3) is 10.2. The van der Waals surface area contributed by atoms with Crippen LogP contribution in [-0.2, 0) is 39.9 Å². The third-order valence-corrected chi connectivity index (χ3v) is 8.83. The molecule has 0 radical (unpaired) electrons. The van der Waals surface area contributed by atoms with Crippen molar-refractivity contribution in [2.75, 3.05) is 11.5 Å². The molecule has 0 spiro atoms. The van der Waals surface area contributed by atoms with Crippen molar-refractivity contribution in [1.82, 2.24) is 16.0 Å². The van der Waals surface area contributed by atoms with Crippen molar-refractivity contribution in [2.24, 2.45) is 5.92 Å². The van der Waals surface area contributed by atoms with Gasteiger partial charge in [0.05, 0.1) is 18.9 Å². The molecular formula is C28H37N3O7S2. The number of nitrogens with one attached hydrogen (secondary N) is 3. The molecule has 0 saturated carbocycles. The molecule has 2 heterocycles. The highest BCUT2D eigenvalue weighted by Gasteiger charge is 2.35. The van der Waals surface area contributed by atoms with E-state index < -0.39 is 60.0 Å². The Morgan fingerprint density at radius 1 is 1.02 bits per heavy atom. The summed E-state index contributed by atoms with van der Waals surface area (Å²) in [6.45, 7) is 4.90. The number of hydrogen-bond acceptors (Lipinski definition) is 9. The average Bonchev–Trinajstić information content (AvgIpc) is 2.89. The van der Waals surface area contributed by atoms with Crippen LogP contribution in [0.2, 0.25) is 0 Å². The first-order valence-electron chi connectivity index (χ1n) is 13.3. The van der Waals surface area contributed by atoms with E-state index in [1.807, 2.05) is 50.3 Å². The highest BCUT2D eigenvalue weighted by Crippen LogP contribution is 2.24. The van der Waals surface area contributed by atoms with Crippen LogP contribution in [0.25, 0.3) is 0 Å². The number of ether oxygens (including phenoxy) is 2. The Kier molecular flexibility index (Phi) is 12.4. The zero-order valence-corrected chi connectivity index (χ0v) is 24.6. The summed E-state index contributed by atoms with van der Waals surface area (Å²) in [6, 6.07) is 6.61. The Balaban J connectivity index is 2.03. The van der Waals surface area contributed by atoms with Crippen molar-refractivity contribution in [3.8, 4) is 0 Å². The second kappa shape index (κ2) is 15.7. The van der Waals surface area contributed by atoms with Crippen LogP contribution in [0.3, 0.4) is 0 Å². The number of benzene rings is 1. The molecule has 1 aromatic carbocycles. The van der Waals surface area contributed by atoms with E-state index in [4.69, 9.17) is 9.47 Å². The fourth-order valence-corrected chi connectivity index (χ4v) is 6.58. The largest absolute Gasteiger partial charge is 0.460 e. The Morgan fingerprint density at radius 3 is 2.48 bits per heavy atom. The Morgan fingerprint density at radius 2 is 1.77 bits per heavy atom. The van der Waals surface area contributed by atoms with E-state index in [-0.39, 0.29) is 30.9 Å². The molecule has 40 heavy (non-hydrogen) atoms. The van der Waals surface area contributed by atoms with Gasteiger partial charge in [-0.2, -0.15) is 0 Å². The van der Waals surface area contributed by atoms with Gasteiger partial charge in [-0.15, -0.1) is 0 Å². The molecule has 0 unspecified atom stereocenters. The van der Waals surface area contributed by atoms with Crippen LogP contribution in [0, 0.1) is 5.92 Å². The van der Waals surface area contributed by atoms with Crippen molar-refractivity contribution in [2.45, 2.75) is 76.8 Å². The monoisotopic (exact) mass is 591 g/mol. The van der Waals surface area contributed by atoms with Gasteiger partial charge >= 0.3 is 11.9 Å². The summed E-state index contributed by atoms with van der Waals surface area (Å²) in [5, 5.41) is 8.51. The second-order valence-corrected chi connectivity index (χ2v) is 12.7. The lowest BCUT2D eigenvalue weighted by Crippen LogP contribution is -2.58. The molecule has 218 valence electrons. The number of amides is 3. The fourth-order valence-electron chi connectivity index (χ4n) is 4.43. The van der Waals surface area contributed by atoms with Crippen LogP contribution >= 0.6 is 21.6 Å². The van der Waals surface area contributed by atoms with Crippen molar-refractivity contribution >= 4 is 51.2 Å². The minimum atomic E-state index is -1.00. The van der Waals surface area contributed by atoms with Crippen LogP contribution in [0.1, 0.15) is 45.6 Å². The van der Waals surface area contributed by atoms with Gasteiger partial charge in [0, 0.05) is 24.9 Å². The first kappa shape index (κ1) is 31.5. The van der Waals surface area contributed by atoms with Gasteiger partial charge in [-0.1, -0.05) is 71.8 Å². The molecular weight excluding hydrogens is 554 g/mol. The number of esters is 2. The molecule has 2 aliphatic rings. The Bertz CT molecular complexity index is 1080. The van der Waals surface area contributed by atoms with Gasteiger partial charge < -0.3 is 25.4 Å². The van der Waals surface area contributed by atoms with Crippen molar-refractivity contribution in [3.63, 3.8) is 0 Å². The second-order valence-electron chi connectivity index (χ2n) is 10.1. The maximum absolute atomic E-state index is 13.6. The first-order chi connectivity index (χ1) is 19.1. The average molecular weight is 592 g/mol. The zero-order chi connectivity index (χ0) is 29.1. The summed E-state index contributed by atoms with van der Waals surface area (Å²) in [5.41, 5.74) is 0.830. The quantitative estimate of drug-likeness (QED) is 0.273. The third-order valence-electron chi connectivity index (χ3n) is 6.39. The fraction of sp³-hybridized carbons (Fsp3) is 0.536. The van der Waals surface area contributed by atoms with Crippen molar-refractivity contribution in [1.29, 1.82) is 0 Å². The maximum Gasteiger partial charge on any atom is 0.310 e. The molecule has 3 N–H and O–H groups in total. The Labute approximate surface area is 242 Å². The molecule has 12 heteroatoms. The maximum atomic E-state index is 13.6. The van der Waals surface area contributed by atoms with E-state index in [0.717, 1.165) is 11.3 Å². The van der Waals surface area contributed by atoms with E-state index >= 15 is 0 Å². The van der Waals surface area contributed by atoms with Gasteiger partial charge in [0.15, 0.2) is 0 Å². The van der Waals surface area contributed by atoms with Crippen molar-refractivity contribution < 1.29 is 33.4 Å². The number of hydrogen-bond donors (Lipinski definition) is 3. The molecule has 2 aliphatic heterocycles. The molecule has 1 aromatic rings. The lowest BCUT2D eigenvalue weighted by atomic mass is 9.95. The molecule has 3 rings (SSSR count). The number of carbonyl (C=O) groups is 5. The van der Waals surface area contributed by atoms with Crippen molar-refractivity contribution in [3.05, 3.63) is 48.0 Å². The molecule has 1 saturated heterocycles. The van der Waals surface area contributed by atoms with Crippen LogP contribution in [0.15, 0.2) is 42.5 Å². The first-order valence-corrected chi connectivity index (χ1v) is 15.8. The van der Waals surface area contributed by atoms with Gasteiger partial charge in [0.25, 0.3) is 0 Å². The number of carbonyl (C=O) groups excluding carboxylic acids is 5. The summed E-state index contributed by atoms with van der Waals surface area (Å²) in [6.07, 6.45) is 1.97.